The van der Waals surface area contributed by atoms with E-state index >= 15 is 0 Å². The Hall–Kier alpha value is -1.55. The maximum absolute atomic E-state index is 12.8. The van der Waals surface area contributed by atoms with Crippen LogP contribution >= 0.6 is 23.4 Å². The summed E-state index contributed by atoms with van der Waals surface area (Å²) in [4.78, 5) is 19.3. The summed E-state index contributed by atoms with van der Waals surface area (Å²) in [5.74, 6) is 0.777. The first-order chi connectivity index (χ1) is 14.6. The molecule has 2 aromatic rings. The highest BCUT2D eigenvalue weighted by Gasteiger charge is 2.30. The van der Waals surface area contributed by atoms with Crippen LogP contribution in [0.2, 0.25) is 5.02 Å². The number of hydrogen-bond acceptors (Lipinski definition) is 5. The average Bonchev–Trinajstić information content (AvgIpc) is 2.99. The van der Waals surface area contributed by atoms with Crippen LogP contribution in [-0.2, 0) is 21.4 Å². The molecule has 1 aliphatic rings. The minimum Gasteiger partial charge on any atom is -0.339 e. The molecule has 1 fully saturated rings. The van der Waals surface area contributed by atoms with Crippen LogP contribution in [0.3, 0.4) is 0 Å². The van der Waals surface area contributed by atoms with Crippen LogP contribution in [0.4, 0.5) is 0 Å². The lowest BCUT2D eigenvalue weighted by Crippen LogP contribution is -2.50. The molecule has 31 heavy (non-hydrogen) atoms. The number of halogens is 1. The van der Waals surface area contributed by atoms with Crippen LogP contribution in [0.25, 0.3) is 0 Å². The molecule has 1 saturated heterocycles. The van der Waals surface area contributed by atoms with Crippen molar-refractivity contribution in [2.24, 2.45) is 5.92 Å². The molecule has 0 radical (unpaired) electrons. The van der Waals surface area contributed by atoms with E-state index in [4.69, 9.17) is 11.6 Å². The van der Waals surface area contributed by atoms with Gasteiger partial charge in [-0.05, 0) is 44.0 Å². The molecule has 7 nitrogen and oxygen atoms in total. The van der Waals surface area contributed by atoms with Crippen molar-refractivity contribution in [1.29, 1.82) is 0 Å². The molecular weight excluding hydrogens is 456 g/mol. The van der Waals surface area contributed by atoms with Gasteiger partial charge in [0.1, 0.15) is 0 Å². The van der Waals surface area contributed by atoms with Crippen LogP contribution < -0.4 is 0 Å². The number of imidazole rings is 1. The average molecular weight is 485 g/mol. The topological polar surface area (TPSA) is 75.5 Å². The minimum atomic E-state index is -3.58. The predicted octanol–water partition coefficient (Wildman–Crippen LogP) is 3.43. The molecule has 170 valence electrons. The lowest BCUT2D eigenvalue weighted by molar-refractivity contribution is -0.129. The third-order valence-corrected chi connectivity index (χ3v) is 8.46. The summed E-state index contributed by atoms with van der Waals surface area (Å²) in [5, 5.41) is 1.35. The van der Waals surface area contributed by atoms with Gasteiger partial charge in [0.25, 0.3) is 0 Å². The van der Waals surface area contributed by atoms with E-state index in [1.807, 2.05) is 6.92 Å². The van der Waals surface area contributed by atoms with Gasteiger partial charge in [0.05, 0.1) is 16.3 Å². The number of aryl methyl sites for hydroxylation is 1. The van der Waals surface area contributed by atoms with Gasteiger partial charge < -0.3 is 9.47 Å². The molecule has 1 aromatic carbocycles. The molecule has 0 spiro atoms. The van der Waals surface area contributed by atoms with E-state index in [9.17, 15) is 13.2 Å². The zero-order valence-electron chi connectivity index (χ0n) is 18.3. The first-order valence-corrected chi connectivity index (χ1v) is 13.1. The van der Waals surface area contributed by atoms with E-state index in [1.165, 1.54) is 28.2 Å². The Morgan fingerprint density at radius 1 is 1.13 bits per heavy atom. The fourth-order valence-corrected chi connectivity index (χ4v) is 6.02. The Morgan fingerprint density at radius 3 is 2.32 bits per heavy atom. The lowest BCUT2D eigenvalue weighted by Gasteiger charge is -2.34. The number of rotatable bonds is 7. The first-order valence-electron chi connectivity index (χ1n) is 10.3. The number of piperazine rings is 1. The Morgan fingerprint density at radius 2 is 1.74 bits per heavy atom. The number of amides is 1. The lowest BCUT2D eigenvalue weighted by atomic mass is 10.2. The van der Waals surface area contributed by atoms with Crippen LogP contribution in [0.1, 0.15) is 25.2 Å². The van der Waals surface area contributed by atoms with Crippen molar-refractivity contribution >= 4 is 39.3 Å². The quantitative estimate of drug-likeness (QED) is 0.563. The fourth-order valence-electron chi connectivity index (χ4n) is 3.46. The third-order valence-electron chi connectivity index (χ3n) is 5.34. The first kappa shape index (κ1) is 24.1. The maximum Gasteiger partial charge on any atom is 0.243 e. The van der Waals surface area contributed by atoms with Gasteiger partial charge in [-0.15, -0.1) is 0 Å². The number of carbonyl (C=O) groups is 1. The second-order valence-corrected chi connectivity index (χ2v) is 11.4. The van der Waals surface area contributed by atoms with Crippen LogP contribution in [-0.4, -0.2) is 65.0 Å². The van der Waals surface area contributed by atoms with Crippen molar-refractivity contribution in [2.75, 3.05) is 31.9 Å². The van der Waals surface area contributed by atoms with Crippen LogP contribution in [0, 0.1) is 19.8 Å². The monoisotopic (exact) mass is 484 g/mol. The van der Waals surface area contributed by atoms with Crippen molar-refractivity contribution in [3.63, 3.8) is 0 Å². The summed E-state index contributed by atoms with van der Waals surface area (Å²) in [7, 11) is -3.58. The fraction of sp³-hybridized carbons (Fsp3) is 0.524. The number of aromatic nitrogens is 2. The van der Waals surface area contributed by atoms with Gasteiger partial charge in [0.15, 0.2) is 5.16 Å². The normalized spacial score (nSPS) is 15.6. The molecular formula is C21H29ClN4O3S2. The molecule has 3 rings (SSSR count). The molecule has 0 atom stereocenters. The second kappa shape index (κ2) is 9.94. The van der Waals surface area contributed by atoms with Crippen LogP contribution in [0.5, 0.6) is 0 Å². The molecule has 0 N–H and O–H groups in total. The van der Waals surface area contributed by atoms with E-state index in [1.54, 1.807) is 17.0 Å². The summed E-state index contributed by atoms with van der Waals surface area (Å²) in [6.07, 6.45) is 0. The maximum atomic E-state index is 12.8. The minimum absolute atomic E-state index is 0.00273. The van der Waals surface area contributed by atoms with E-state index in [0.29, 0.717) is 24.0 Å². The van der Waals surface area contributed by atoms with E-state index < -0.39 is 10.0 Å². The molecule has 0 bridgehead atoms. The Kier molecular flexibility index (Phi) is 7.72. The van der Waals surface area contributed by atoms with Crippen molar-refractivity contribution in [3.8, 4) is 0 Å². The standard InChI is InChI=1S/C21H29ClN4O3S2/c1-15(2)13-26-17(4)16(3)23-21(26)30-14-20(27)24-9-11-25(12-10-24)31(28,29)19-7-5-18(22)6-8-19/h5-8,15H,9-14H2,1-4H3. The van der Waals surface area contributed by atoms with Crippen LogP contribution in [0.15, 0.2) is 34.3 Å². The largest absolute Gasteiger partial charge is 0.339 e. The van der Waals surface area contributed by atoms with Gasteiger partial charge in [-0.25, -0.2) is 13.4 Å². The van der Waals surface area contributed by atoms with Crippen molar-refractivity contribution in [2.45, 2.75) is 44.3 Å². The van der Waals surface area contributed by atoms with Gasteiger partial charge >= 0.3 is 0 Å². The molecule has 1 amide bonds. The highest BCUT2D eigenvalue weighted by Crippen LogP contribution is 2.24. The number of thioether (sulfide) groups is 1. The molecule has 1 aliphatic heterocycles. The van der Waals surface area contributed by atoms with Gasteiger partial charge in [-0.1, -0.05) is 37.2 Å². The zero-order chi connectivity index (χ0) is 22.8. The molecule has 0 saturated carbocycles. The Labute approximate surface area is 193 Å². The smallest absolute Gasteiger partial charge is 0.243 e. The Balaban J connectivity index is 1.57. The van der Waals surface area contributed by atoms with Gasteiger partial charge in [-0.2, -0.15) is 4.31 Å². The van der Waals surface area contributed by atoms with Gasteiger partial charge in [0.2, 0.25) is 15.9 Å². The number of sulfonamides is 1. The molecule has 1 aromatic heterocycles. The SMILES string of the molecule is Cc1nc(SCC(=O)N2CCN(S(=O)(=O)c3ccc(Cl)cc3)CC2)n(CC(C)C)c1C. The Bertz CT molecular complexity index is 1030. The molecule has 10 heteroatoms. The molecule has 0 unspecified atom stereocenters. The summed E-state index contributed by atoms with van der Waals surface area (Å²) in [5.41, 5.74) is 2.11. The zero-order valence-corrected chi connectivity index (χ0v) is 20.7. The van der Waals surface area contributed by atoms with Crippen molar-refractivity contribution in [1.82, 2.24) is 18.8 Å². The number of nitrogens with zero attached hydrogens (tertiary/aromatic N) is 4. The van der Waals surface area contributed by atoms with E-state index in [2.05, 4.69) is 30.3 Å². The molecule has 0 aliphatic carbocycles. The predicted molar refractivity (Wildman–Crippen MR) is 124 cm³/mol. The van der Waals surface area contributed by atoms with Gasteiger partial charge in [0, 0.05) is 43.4 Å². The summed E-state index contributed by atoms with van der Waals surface area (Å²) >= 11 is 7.31. The summed E-state index contributed by atoms with van der Waals surface area (Å²) < 4.78 is 29.2. The number of hydrogen-bond donors (Lipinski definition) is 0. The van der Waals surface area contributed by atoms with E-state index in [-0.39, 0.29) is 29.6 Å². The highest BCUT2D eigenvalue weighted by atomic mass is 35.5. The second-order valence-electron chi connectivity index (χ2n) is 8.10. The van der Waals surface area contributed by atoms with Gasteiger partial charge in [-0.3, -0.25) is 4.79 Å². The van der Waals surface area contributed by atoms with E-state index in [0.717, 1.165) is 23.1 Å². The van der Waals surface area contributed by atoms with Crippen molar-refractivity contribution < 1.29 is 13.2 Å². The summed E-state index contributed by atoms with van der Waals surface area (Å²) in [6.45, 7) is 10.5. The third kappa shape index (κ3) is 5.63. The number of benzene rings is 1. The molecule has 2 heterocycles. The summed E-state index contributed by atoms with van der Waals surface area (Å²) in [6, 6.07) is 6.15. The van der Waals surface area contributed by atoms with Crippen molar-refractivity contribution in [3.05, 3.63) is 40.7 Å². The highest BCUT2D eigenvalue weighted by molar-refractivity contribution is 7.99. The number of carbonyl (C=O) groups excluding carboxylic acids is 1.